The van der Waals surface area contributed by atoms with Gasteiger partial charge in [-0.25, -0.2) is 0 Å². The van der Waals surface area contributed by atoms with Gasteiger partial charge in [-0.2, -0.15) is 11.8 Å². The molecule has 2 N–H and O–H groups in total. The number of rotatable bonds is 12. The summed E-state index contributed by atoms with van der Waals surface area (Å²) in [4.78, 5) is 27.5. The van der Waals surface area contributed by atoms with Gasteiger partial charge in [0.15, 0.2) is 0 Å². The average Bonchev–Trinajstić information content (AvgIpc) is 2.77. The van der Waals surface area contributed by atoms with Crippen LogP contribution in [0.1, 0.15) is 30.1 Å². The van der Waals surface area contributed by atoms with E-state index in [1.807, 2.05) is 24.5 Å². The first-order valence-corrected chi connectivity index (χ1v) is 12.0. The van der Waals surface area contributed by atoms with Gasteiger partial charge in [0.2, 0.25) is 5.91 Å². The number of hydrogen-bond acceptors (Lipinski definition) is 4. The first-order chi connectivity index (χ1) is 14.6. The summed E-state index contributed by atoms with van der Waals surface area (Å²) < 4.78 is 0. The molecule has 0 fully saturated rings. The first-order valence-electron chi connectivity index (χ1n) is 10.2. The van der Waals surface area contributed by atoms with E-state index in [-0.39, 0.29) is 11.8 Å². The summed E-state index contributed by atoms with van der Waals surface area (Å²) in [6.45, 7) is 4.43. The predicted octanol–water partition coefficient (Wildman–Crippen LogP) is 4.22. The Balaban J connectivity index is 1.87. The van der Waals surface area contributed by atoms with Crippen LogP contribution in [0.25, 0.3) is 0 Å². The predicted molar refractivity (Wildman–Crippen MR) is 128 cm³/mol. The lowest BCUT2D eigenvalue weighted by Crippen LogP contribution is -2.47. The van der Waals surface area contributed by atoms with E-state index in [0.29, 0.717) is 23.6 Å². The minimum absolute atomic E-state index is 0.160. The molecule has 2 amide bonds. The van der Waals surface area contributed by atoms with Gasteiger partial charge < -0.3 is 15.5 Å². The van der Waals surface area contributed by atoms with E-state index in [1.165, 1.54) is 5.69 Å². The summed E-state index contributed by atoms with van der Waals surface area (Å²) >= 11 is 7.75. The Labute approximate surface area is 188 Å². The number of carbonyl (C=O) groups is 2. The number of nitrogens with one attached hydrogen (secondary N) is 2. The SMILES string of the molecule is CCN(CCCNC(=O)C(CCSC)NC(=O)c1ccccc1Cl)c1ccccc1. The van der Waals surface area contributed by atoms with Crippen molar-refractivity contribution in [1.29, 1.82) is 0 Å². The van der Waals surface area contributed by atoms with Gasteiger partial charge in [-0.05, 0) is 56.0 Å². The maximum atomic E-state index is 12.7. The number of nitrogens with zero attached hydrogens (tertiary/aromatic N) is 1. The van der Waals surface area contributed by atoms with Crippen LogP contribution in [-0.2, 0) is 4.79 Å². The number of anilines is 1. The van der Waals surface area contributed by atoms with Gasteiger partial charge in [0.1, 0.15) is 6.04 Å². The maximum absolute atomic E-state index is 12.7. The van der Waals surface area contributed by atoms with Crippen LogP contribution < -0.4 is 15.5 Å². The molecule has 162 valence electrons. The molecule has 0 aliphatic carbocycles. The number of amides is 2. The number of para-hydroxylation sites is 1. The maximum Gasteiger partial charge on any atom is 0.253 e. The summed E-state index contributed by atoms with van der Waals surface area (Å²) in [6.07, 6.45) is 3.37. The van der Waals surface area contributed by atoms with Crippen molar-refractivity contribution in [2.75, 3.05) is 36.5 Å². The molecule has 0 heterocycles. The van der Waals surface area contributed by atoms with Crippen molar-refractivity contribution >= 4 is 40.9 Å². The van der Waals surface area contributed by atoms with Crippen molar-refractivity contribution in [2.45, 2.75) is 25.8 Å². The molecule has 0 aromatic heterocycles. The van der Waals surface area contributed by atoms with Crippen LogP contribution in [0.15, 0.2) is 54.6 Å². The van der Waals surface area contributed by atoms with Gasteiger partial charge in [0, 0.05) is 25.3 Å². The van der Waals surface area contributed by atoms with E-state index in [0.717, 1.165) is 25.3 Å². The Hall–Kier alpha value is -2.18. The minimum Gasteiger partial charge on any atom is -0.372 e. The molecule has 2 aromatic rings. The monoisotopic (exact) mass is 447 g/mol. The summed E-state index contributed by atoms with van der Waals surface area (Å²) in [7, 11) is 0. The van der Waals surface area contributed by atoms with Crippen molar-refractivity contribution < 1.29 is 9.59 Å². The summed E-state index contributed by atoms with van der Waals surface area (Å²) in [5.41, 5.74) is 1.55. The van der Waals surface area contributed by atoms with Crippen LogP contribution in [0.4, 0.5) is 5.69 Å². The lowest BCUT2D eigenvalue weighted by Gasteiger charge is -2.23. The van der Waals surface area contributed by atoms with Gasteiger partial charge in [-0.1, -0.05) is 41.9 Å². The quantitative estimate of drug-likeness (QED) is 0.478. The molecule has 2 rings (SSSR count). The van der Waals surface area contributed by atoms with Crippen LogP contribution in [0.3, 0.4) is 0 Å². The highest BCUT2D eigenvalue weighted by Crippen LogP contribution is 2.15. The highest BCUT2D eigenvalue weighted by Gasteiger charge is 2.21. The van der Waals surface area contributed by atoms with E-state index in [2.05, 4.69) is 34.6 Å². The van der Waals surface area contributed by atoms with Crippen molar-refractivity contribution in [3.8, 4) is 0 Å². The molecule has 0 saturated carbocycles. The molecular formula is C23H30ClN3O2S. The molecule has 0 aliphatic rings. The largest absolute Gasteiger partial charge is 0.372 e. The Bertz CT molecular complexity index is 804. The standard InChI is InChI=1S/C23H30ClN3O2S/c1-3-27(18-10-5-4-6-11-18)16-9-15-25-23(29)21(14-17-30-2)26-22(28)19-12-7-8-13-20(19)24/h4-8,10-13,21H,3,9,14-17H2,1-2H3,(H,25,29)(H,26,28). The Morgan fingerprint density at radius 1 is 1.10 bits per heavy atom. The smallest absolute Gasteiger partial charge is 0.253 e. The van der Waals surface area contributed by atoms with Gasteiger partial charge >= 0.3 is 0 Å². The normalized spacial score (nSPS) is 11.6. The number of halogens is 1. The van der Waals surface area contributed by atoms with E-state index in [4.69, 9.17) is 11.6 Å². The van der Waals surface area contributed by atoms with Crippen molar-refractivity contribution in [3.63, 3.8) is 0 Å². The molecule has 1 atom stereocenters. The third-order valence-electron chi connectivity index (χ3n) is 4.76. The Morgan fingerprint density at radius 3 is 2.47 bits per heavy atom. The van der Waals surface area contributed by atoms with Gasteiger partial charge in [0.05, 0.1) is 10.6 Å². The van der Waals surface area contributed by atoms with Gasteiger partial charge in [-0.3, -0.25) is 9.59 Å². The zero-order valence-electron chi connectivity index (χ0n) is 17.6. The third kappa shape index (κ3) is 7.58. The number of benzene rings is 2. The molecule has 2 aromatic carbocycles. The average molecular weight is 448 g/mol. The lowest BCUT2D eigenvalue weighted by atomic mass is 10.1. The molecule has 0 spiro atoms. The molecule has 0 bridgehead atoms. The number of thioether (sulfide) groups is 1. The van der Waals surface area contributed by atoms with Crippen LogP contribution in [0.5, 0.6) is 0 Å². The summed E-state index contributed by atoms with van der Waals surface area (Å²) in [5.74, 6) is 0.286. The second kappa shape index (κ2) is 13.2. The summed E-state index contributed by atoms with van der Waals surface area (Å²) in [6, 6.07) is 16.5. The highest BCUT2D eigenvalue weighted by atomic mass is 35.5. The topological polar surface area (TPSA) is 61.4 Å². The molecule has 5 nitrogen and oxygen atoms in total. The molecule has 30 heavy (non-hydrogen) atoms. The molecular weight excluding hydrogens is 418 g/mol. The molecule has 0 saturated heterocycles. The fourth-order valence-electron chi connectivity index (χ4n) is 3.10. The summed E-state index contributed by atoms with van der Waals surface area (Å²) in [5, 5.41) is 6.18. The van der Waals surface area contributed by atoms with Crippen molar-refractivity contribution in [2.24, 2.45) is 0 Å². The minimum atomic E-state index is -0.586. The fourth-order valence-corrected chi connectivity index (χ4v) is 3.79. The highest BCUT2D eigenvalue weighted by molar-refractivity contribution is 7.98. The fraction of sp³-hybridized carbons (Fsp3) is 0.391. The van der Waals surface area contributed by atoms with Crippen LogP contribution in [0, 0.1) is 0 Å². The first kappa shape index (κ1) is 24.1. The zero-order chi connectivity index (χ0) is 21.8. The third-order valence-corrected chi connectivity index (χ3v) is 5.73. The van der Waals surface area contributed by atoms with E-state index < -0.39 is 6.04 Å². The van der Waals surface area contributed by atoms with Crippen LogP contribution >= 0.6 is 23.4 Å². The van der Waals surface area contributed by atoms with E-state index >= 15 is 0 Å². The van der Waals surface area contributed by atoms with Gasteiger partial charge in [0.25, 0.3) is 5.91 Å². The zero-order valence-corrected chi connectivity index (χ0v) is 19.1. The van der Waals surface area contributed by atoms with Crippen molar-refractivity contribution in [3.05, 3.63) is 65.2 Å². The molecule has 0 radical (unpaired) electrons. The van der Waals surface area contributed by atoms with Gasteiger partial charge in [-0.15, -0.1) is 0 Å². The van der Waals surface area contributed by atoms with Crippen LogP contribution in [-0.4, -0.2) is 49.5 Å². The van der Waals surface area contributed by atoms with E-state index in [1.54, 1.807) is 36.0 Å². The number of carbonyl (C=O) groups excluding carboxylic acids is 2. The second-order valence-electron chi connectivity index (χ2n) is 6.85. The Morgan fingerprint density at radius 2 is 1.80 bits per heavy atom. The van der Waals surface area contributed by atoms with E-state index in [9.17, 15) is 9.59 Å². The molecule has 7 heteroatoms. The Kier molecular flexibility index (Phi) is 10.6. The lowest BCUT2D eigenvalue weighted by molar-refractivity contribution is -0.123. The number of hydrogen-bond donors (Lipinski definition) is 2. The molecule has 1 unspecified atom stereocenters. The second-order valence-corrected chi connectivity index (χ2v) is 8.24. The van der Waals surface area contributed by atoms with Crippen molar-refractivity contribution in [1.82, 2.24) is 10.6 Å². The molecule has 0 aliphatic heterocycles. The van der Waals surface area contributed by atoms with Crippen LogP contribution in [0.2, 0.25) is 5.02 Å².